The molecular formula is C20H22N2O2. The predicted molar refractivity (Wildman–Crippen MR) is 95.7 cm³/mol. The summed E-state index contributed by atoms with van der Waals surface area (Å²) in [5.41, 5.74) is 5.65. The van der Waals surface area contributed by atoms with Crippen molar-refractivity contribution in [2.75, 3.05) is 0 Å². The third-order valence-corrected chi connectivity index (χ3v) is 4.49. The second kappa shape index (κ2) is 6.48. The first kappa shape index (κ1) is 16.2. The highest BCUT2D eigenvalue weighted by Crippen LogP contribution is 2.23. The highest BCUT2D eigenvalue weighted by Gasteiger charge is 2.15. The van der Waals surface area contributed by atoms with Crippen molar-refractivity contribution in [3.8, 4) is 0 Å². The van der Waals surface area contributed by atoms with Gasteiger partial charge in [0.1, 0.15) is 5.82 Å². The number of aryl methyl sites for hydroxylation is 3. The van der Waals surface area contributed by atoms with E-state index in [0.29, 0.717) is 12.1 Å². The average molecular weight is 322 g/mol. The van der Waals surface area contributed by atoms with E-state index < -0.39 is 5.97 Å². The summed E-state index contributed by atoms with van der Waals surface area (Å²) in [6.45, 7) is 6.84. The fourth-order valence-electron chi connectivity index (χ4n) is 3.06. The van der Waals surface area contributed by atoms with Crippen LogP contribution in [0.25, 0.3) is 11.0 Å². The van der Waals surface area contributed by atoms with Crippen LogP contribution in [0.15, 0.2) is 36.4 Å². The smallest absolute Gasteiger partial charge is 0.336 e. The van der Waals surface area contributed by atoms with Gasteiger partial charge in [0.15, 0.2) is 0 Å². The number of benzene rings is 2. The zero-order valence-electron chi connectivity index (χ0n) is 14.3. The van der Waals surface area contributed by atoms with Crippen LogP contribution in [0.1, 0.15) is 46.2 Å². The number of nitrogens with zero attached hydrogens (tertiary/aromatic N) is 2. The van der Waals surface area contributed by atoms with E-state index in [1.165, 1.54) is 11.1 Å². The number of carboxylic acid groups (broad SMARTS) is 1. The SMILES string of the molecule is CCCc1nc2cc(C)c(C)cc2n1Cc1ccccc1C(=O)O. The lowest BCUT2D eigenvalue weighted by atomic mass is 10.1. The molecule has 0 aliphatic heterocycles. The maximum absolute atomic E-state index is 11.5. The summed E-state index contributed by atoms with van der Waals surface area (Å²) < 4.78 is 2.16. The van der Waals surface area contributed by atoms with Crippen LogP contribution in [0.3, 0.4) is 0 Å². The molecule has 0 amide bonds. The lowest BCUT2D eigenvalue weighted by Gasteiger charge is -2.12. The summed E-state index contributed by atoms with van der Waals surface area (Å²) in [6.07, 6.45) is 1.88. The molecule has 0 radical (unpaired) electrons. The van der Waals surface area contributed by atoms with Crippen molar-refractivity contribution in [3.05, 3.63) is 64.5 Å². The molecule has 4 nitrogen and oxygen atoms in total. The van der Waals surface area contributed by atoms with Gasteiger partial charge in [-0.15, -0.1) is 0 Å². The largest absolute Gasteiger partial charge is 0.478 e. The van der Waals surface area contributed by atoms with Crippen LogP contribution in [0, 0.1) is 13.8 Å². The minimum Gasteiger partial charge on any atom is -0.478 e. The molecule has 0 atom stereocenters. The third-order valence-electron chi connectivity index (χ3n) is 4.49. The van der Waals surface area contributed by atoms with Gasteiger partial charge in [-0.3, -0.25) is 0 Å². The standard InChI is InChI=1S/C20H22N2O2/c1-4-7-19-21-17-10-13(2)14(3)11-18(17)22(19)12-15-8-5-6-9-16(15)20(23)24/h5-6,8-11H,4,7,12H2,1-3H3,(H,23,24). The Bertz CT molecular complexity index is 909. The first-order valence-electron chi connectivity index (χ1n) is 8.28. The summed E-state index contributed by atoms with van der Waals surface area (Å²) >= 11 is 0. The molecule has 0 aliphatic rings. The number of hydrogen-bond acceptors (Lipinski definition) is 2. The fraction of sp³-hybridized carbons (Fsp3) is 0.300. The quantitative estimate of drug-likeness (QED) is 0.759. The Balaban J connectivity index is 2.16. The van der Waals surface area contributed by atoms with Crippen LogP contribution in [0.4, 0.5) is 0 Å². The van der Waals surface area contributed by atoms with E-state index >= 15 is 0 Å². The molecule has 2 aromatic carbocycles. The number of carbonyl (C=O) groups is 1. The van der Waals surface area contributed by atoms with Gasteiger partial charge in [-0.25, -0.2) is 9.78 Å². The summed E-state index contributed by atoms with van der Waals surface area (Å²) in [5, 5.41) is 9.44. The van der Waals surface area contributed by atoms with Gasteiger partial charge in [0.25, 0.3) is 0 Å². The predicted octanol–water partition coefficient (Wildman–Crippen LogP) is 4.35. The molecule has 0 bridgehead atoms. The number of aromatic carboxylic acids is 1. The van der Waals surface area contributed by atoms with E-state index in [4.69, 9.17) is 4.98 Å². The van der Waals surface area contributed by atoms with E-state index in [1.54, 1.807) is 12.1 Å². The van der Waals surface area contributed by atoms with Gasteiger partial charge >= 0.3 is 5.97 Å². The van der Waals surface area contributed by atoms with Gasteiger partial charge in [-0.1, -0.05) is 25.1 Å². The van der Waals surface area contributed by atoms with Crippen molar-refractivity contribution in [2.45, 2.75) is 40.2 Å². The molecule has 3 aromatic rings. The van der Waals surface area contributed by atoms with Gasteiger partial charge in [-0.2, -0.15) is 0 Å². The monoisotopic (exact) mass is 322 g/mol. The second-order valence-electron chi connectivity index (χ2n) is 6.25. The molecule has 1 heterocycles. The first-order valence-corrected chi connectivity index (χ1v) is 8.28. The number of aromatic nitrogens is 2. The maximum Gasteiger partial charge on any atom is 0.336 e. The number of hydrogen-bond donors (Lipinski definition) is 1. The first-order chi connectivity index (χ1) is 11.5. The summed E-state index contributed by atoms with van der Waals surface area (Å²) in [6, 6.07) is 11.5. The Kier molecular flexibility index (Phi) is 4.38. The van der Waals surface area contributed by atoms with Gasteiger partial charge in [0.05, 0.1) is 23.1 Å². The topological polar surface area (TPSA) is 55.1 Å². The van der Waals surface area contributed by atoms with Crippen LogP contribution in [-0.2, 0) is 13.0 Å². The summed E-state index contributed by atoms with van der Waals surface area (Å²) in [4.78, 5) is 16.3. The summed E-state index contributed by atoms with van der Waals surface area (Å²) in [7, 11) is 0. The molecule has 0 fully saturated rings. The molecule has 0 spiro atoms. The van der Waals surface area contributed by atoms with Gasteiger partial charge < -0.3 is 9.67 Å². The van der Waals surface area contributed by atoms with Crippen LogP contribution in [-0.4, -0.2) is 20.6 Å². The Morgan fingerprint density at radius 1 is 1.17 bits per heavy atom. The van der Waals surface area contributed by atoms with Gasteiger partial charge in [-0.05, 0) is 55.2 Å². The van der Waals surface area contributed by atoms with E-state index in [0.717, 1.165) is 35.3 Å². The van der Waals surface area contributed by atoms with Crippen LogP contribution >= 0.6 is 0 Å². The average Bonchev–Trinajstić information content (AvgIpc) is 2.86. The molecule has 0 saturated carbocycles. The Labute approximate surface area is 141 Å². The number of carboxylic acids is 1. The van der Waals surface area contributed by atoms with Crippen LogP contribution in [0.2, 0.25) is 0 Å². The lowest BCUT2D eigenvalue weighted by Crippen LogP contribution is -2.09. The molecule has 0 aliphatic carbocycles. The van der Waals surface area contributed by atoms with Crippen LogP contribution < -0.4 is 0 Å². The zero-order valence-corrected chi connectivity index (χ0v) is 14.3. The normalized spacial score (nSPS) is 11.1. The molecule has 24 heavy (non-hydrogen) atoms. The Hall–Kier alpha value is -2.62. The van der Waals surface area contributed by atoms with E-state index in [9.17, 15) is 9.90 Å². The molecular weight excluding hydrogens is 300 g/mol. The van der Waals surface area contributed by atoms with Gasteiger partial charge in [0, 0.05) is 6.42 Å². The number of imidazole rings is 1. The Morgan fingerprint density at radius 2 is 1.88 bits per heavy atom. The zero-order chi connectivity index (χ0) is 17.3. The Morgan fingerprint density at radius 3 is 2.58 bits per heavy atom. The van der Waals surface area contributed by atoms with Crippen molar-refractivity contribution in [1.82, 2.24) is 9.55 Å². The molecule has 124 valence electrons. The molecule has 0 unspecified atom stereocenters. The van der Waals surface area contributed by atoms with Crippen LogP contribution in [0.5, 0.6) is 0 Å². The minimum atomic E-state index is -0.890. The molecule has 1 aromatic heterocycles. The van der Waals surface area contributed by atoms with E-state index in [2.05, 4.69) is 37.5 Å². The van der Waals surface area contributed by atoms with Crippen molar-refractivity contribution in [1.29, 1.82) is 0 Å². The van der Waals surface area contributed by atoms with E-state index in [-0.39, 0.29) is 0 Å². The fourth-order valence-corrected chi connectivity index (χ4v) is 3.06. The van der Waals surface area contributed by atoms with E-state index in [1.807, 2.05) is 12.1 Å². The van der Waals surface area contributed by atoms with Crippen molar-refractivity contribution in [2.24, 2.45) is 0 Å². The summed E-state index contributed by atoms with van der Waals surface area (Å²) in [5.74, 6) is 0.122. The van der Waals surface area contributed by atoms with Gasteiger partial charge in [0.2, 0.25) is 0 Å². The van der Waals surface area contributed by atoms with Crippen molar-refractivity contribution >= 4 is 17.0 Å². The molecule has 4 heteroatoms. The second-order valence-corrected chi connectivity index (χ2v) is 6.25. The van der Waals surface area contributed by atoms with Crippen molar-refractivity contribution in [3.63, 3.8) is 0 Å². The molecule has 1 N–H and O–H groups in total. The highest BCUT2D eigenvalue weighted by molar-refractivity contribution is 5.89. The molecule has 0 saturated heterocycles. The van der Waals surface area contributed by atoms with Crippen molar-refractivity contribution < 1.29 is 9.90 Å². The minimum absolute atomic E-state index is 0.352. The number of fused-ring (bicyclic) bond motifs is 1. The molecule has 3 rings (SSSR count). The lowest BCUT2D eigenvalue weighted by molar-refractivity contribution is 0.0695. The maximum atomic E-state index is 11.5. The highest BCUT2D eigenvalue weighted by atomic mass is 16.4. The number of rotatable bonds is 5. The third kappa shape index (κ3) is 2.92.